The van der Waals surface area contributed by atoms with Gasteiger partial charge in [0.1, 0.15) is 0 Å². The van der Waals surface area contributed by atoms with Gasteiger partial charge in [0.05, 0.1) is 45.7 Å². The molecule has 2 N–H and O–H groups in total. The highest BCUT2D eigenvalue weighted by molar-refractivity contribution is 4.57. The molecule has 0 aromatic heterocycles. The molecule has 0 heterocycles. The van der Waals surface area contributed by atoms with E-state index in [0.29, 0.717) is 39.6 Å². The summed E-state index contributed by atoms with van der Waals surface area (Å²) in [7, 11) is 0. The summed E-state index contributed by atoms with van der Waals surface area (Å²) < 4.78 is 21.3. The molecule has 0 atom stereocenters. The minimum atomic E-state index is -0.0812. The molecule has 5 nitrogen and oxygen atoms in total. The number of hydrogen-bond donors (Lipinski definition) is 1. The van der Waals surface area contributed by atoms with E-state index in [9.17, 15) is 0 Å². The molecule has 0 saturated heterocycles. The van der Waals surface area contributed by atoms with Gasteiger partial charge in [-0.1, -0.05) is 13.8 Å². The summed E-state index contributed by atoms with van der Waals surface area (Å²) in [5.41, 5.74) is 5.82. The van der Waals surface area contributed by atoms with Crippen LogP contribution in [0.5, 0.6) is 0 Å². The van der Waals surface area contributed by atoms with E-state index in [-0.39, 0.29) is 6.04 Å². The molecule has 0 aliphatic heterocycles. The summed E-state index contributed by atoms with van der Waals surface area (Å²) in [5, 5.41) is 0. The fourth-order valence-electron chi connectivity index (χ4n) is 1.25. The number of rotatable bonds is 14. The van der Waals surface area contributed by atoms with Gasteiger partial charge in [-0.2, -0.15) is 0 Å². The Morgan fingerprint density at radius 2 is 1.06 bits per heavy atom. The van der Waals surface area contributed by atoms with Crippen LogP contribution in [0, 0.1) is 0 Å². The maximum atomic E-state index is 5.82. The fraction of sp³-hybridized carbons (Fsp3) is 1.00. The molecule has 0 rings (SSSR count). The normalized spacial score (nSPS) is 11.3. The van der Waals surface area contributed by atoms with Crippen LogP contribution in [0.1, 0.15) is 26.7 Å². The summed E-state index contributed by atoms with van der Waals surface area (Å²) in [4.78, 5) is 0. The average Bonchev–Trinajstić information content (AvgIpc) is 2.38. The van der Waals surface area contributed by atoms with Gasteiger partial charge in [0.2, 0.25) is 0 Å². The zero-order valence-electron chi connectivity index (χ0n) is 11.9. The Balaban J connectivity index is 3.10. The van der Waals surface area contributed by atoms with E-state index in [1.807, 2.05) is 0 Å². The van der Waals surface area contributed by atoms with E-state index in [1.54, 1.807) is 0 Å². The zero-order chi connectivity index (χ0) is 13.5. The minimum Gasteiger partial charge on any atom is -0.379 e. The Bertz CT molecular complexity index is 142. The van der Waals surface area contributed by atoms with Gasteiger partial charge in [0, 0.05) is 13.2 Å². The Morgan fingerprint density at radius 1 is 0.667 bits per heavy atom. The summed E-state index contributed by atoms with van der Waals surface area (Å²) in [6, 6.07) is -0.0812. The maximum absolute atomic E-state index is 5.82. The van der Waals surface area contributed by atoms with E-state index in [4.69, 9.17) is 24.7 Å². The van der Waals surface area contributed by atoms with Crippen molar-refractivity contribution in [1.82, 2.24) is 0 Å². The van der Waals surface area contributed by atoms with E-state index < -0.39 is 0 Å². The molecule has 0 bridgehead atoms. The van der Waals surface area contributed by atoms with Crippen molar-refractivity contribution in [1.29, 1.82) is 0 Å². The first-order chi connectivity index (χ1) is 8.81. The molecule has 5 heteroatoms. The van der Waals surface area contributed by atoms with Crippen molar-refractivity contribution >= 4 is 0 Å². The summed E-state index contributed by atoms with van der Waals surface area (Å²) in [5.74, 6) is 0. The maximum Gasteiger partial charge on any atom is 0.0701 e. The van der Waals surface area contributed by atoms with Crippen LogP contribution in [-0.4, -0.2) is 58.9 Å². The highest BCUT2D eigenvalue weighted by Crippen LogP contribution is 1.88. The smallest absolute Gasteiger partial charge is 0.0701 e. The average molecular weight is 263 g/mol. The Morgan fingerprint density at radius 3 is 1.44 bits per heavy atom. The predicted octanol–water partition coefficient (Wildman–Crippen LogP) is 1.20. The molecule has 0 saturated carbocycles. The lowest BCUT2D eigenvalue weighted by Gasteiger charge is -2.12. The van der Waals surface area contributed by atoms with Crippen molar-refractivity contribution in [3.05, 3.63) is 0 Å². The molecule has 0 spiro atoms. The topological polar surface area (TPSA) is 62.9 Å². The van der Waals surface area contributed by atoms with Crippen LogP contribution >= 0.6 is 0 Å². The van der Waals surface area contributed by atoms with E-state index in [1.165, 1.54) is 0 Å². The molecule has 0 aromatic rings. The first-order valence-corrected chi connectivity index (χ1v) is 6.87. The third-order valence-corrected chi connectivity index (χ3v) is 2.10. The van der Waals surface area contributed by atoms with Gasteiger partial charge < -0.3 is 24.7 Å². The van der Waals surface area contributed by atoms with Crippen LogP contribution in [0.2, 0.25) is 0 Å². The lowest BCUT2D eigenvalue weighted by atomic mass is 10.4. The van der Waals surface area contributed by atoms with E-state index in [0.717, 1.165) is 26.1 Å². The zero-order valence-corrected chi connectivity index (χ0v) is 11.9. The van der Waals surface area contributed by atoms with Crippen molar-refractivity contribution in [2.45, 2.75) is 32.7 Å². The molecular formula is C13H29NO4. The van der Waals surface area contributed by atoms with Gasteiger partial charge >= 0.3 is 0 Å². The Labute approximate surface area is 111 Å². The second-order valence-electron chi connectivity index (χ2n) is 4.13. The van der Waals surface area contributed by atoms with Crippen molar-refractivity contribution in [3.63, 3.8) is 0 Å². The number of ether oxygens (including phenoxy) is 4. The van der Waals surface area contributed by atoms with Gasteiger partial charge in [-0.15, -0.1) is 0 Å². The number of hydrogen-bond acceptors (Lipinski definition) is 5. The van der Waals surface area contributed by atoms with Gasteiger partial charge in [0.25, 0.3) is 0 Å². The molecule has 0 fully saturated rings. The first kappa shape index (κ1) is 17.8. The molecule has 0 unspecified atom stereocenters. The van der Waals surface area contributed by atoms with Crippen molar-refractivity contribution < 1.29 is 18.9 Å². The van der Waals surface area contributed by atoms with Gasteiger partial charge in [0.15, 0.2) is 0 Å². The highest BCUT2D eigenvalue weighted by atomic mass is 16.5. The second kappa shape index (κ2) is 14.9. The summed E-state index contributed by atoms with van der Waals surface area (Å²) >= 11 is 0. The molecule has 0 radical (unpaired) electrons. The van der Waals surface area contributed by atoms with Crippen LogP contribution in [0.4, 0.5) is 0 Å². The van der Waals surface area contributed by atoms with E-state index >= 15 is 0 Å². The number of nitrogens with two attached hydrogens (primary N) is 1. The SMILES string of the molecule is CCCOCCOCC(N)COCCOCCC. The van der Waals surface area contributed by atoms with Gasteiger partial charge in [-0.05, 0) is 12.8 Å². The third kappa shape index (κ3) is 13.9. The molecule has 0 aliphatic rings. The monoisotopic (exact) mass is 263 g/mol. The fourth-order valence-corrected chi connectivity index (χ4v) is 1.25. The summed E-state index contributed by atoms with van der Waals surface area (Å²) in [6.45, 7) is 9.19. The van der Waals surface area contributed by atoms with Crippen LogP contribution in [0.3, 0.4) is 0 Å². The highest BCUT2D eigenvalue weighted by Gasteiger charge is 2.02. The Kier molecular flexibility index (Phi) is 14.7. The van der Waals surface area contributed by atoms with Crippen LogP contribution in [0.15, 0.2) is 0 Å². The van der Waals surface area contributed by atoms with Crippen molar-refractivity contribution in [2.75, 3.05) is 52.9 Å². The third-order valence-electron chi connectivity index (χ3n) is 2.10. The molecule has 0 amide bonds. The van der Waals surface area contributed by atoms with Gasteiger partial charge in [-0.25, -0.2) is 0 Å². The van der Waals surface area contributed by atoms with Gasteiger partial charge in [-0.3, -0.25) is 0 Å². The lowest BCUT2D eigenvalue weighted by Crippen LogP contribution is -2.32. The van der Waals surface area contributed by atoms with Crippen molar-refractivity contribution in [3.8, 4) is 0 Å². The van der Waals surface area contributed by atoms with Crippen LogP contribution < -0.4 is 5.73 Å². The van der Waals surface area contributed by atoms with Crippen molar-refractivity contribution in [2.24, 2.45) is 5.73 Å². The predicted molar refractivity (Wildman–Crippen MR) is 71.8 cm³/mol. The van der Waals surface area contributed by atoms with Crippen LogP contribution in [0.25, 0.3) is 0 Å². The molecule has 110 valence electrons. The molecular weight excluding hydrogens is 234 g/mol. The molecule has 0 aliphatic carbocycles. The quantitative estimate of drug-likeness (QED) is 0.477. The second-order valence-corrected chi connectivity index (χ2v) is 4.13. The largest absolute Gasteiger partial charge is 0.379 e. The Hall–Kier alpha value is -0.200. The first-order valence-electron chi connectivity index (χ1n) is 6.87. The van der Waals surface area contributed by atoms with E-state index in [2.05, 4.69) is 13.8 Å². The summed E-state index contributed by atoms with van der Waals surface area (Å²) in [6.07, 6.45) is 2.07. The van der Waals surface area contributed by atoms with Crippen LogP contribution in [-0.2, 0) is 18.9 Å². The minimum absolute atomic E-state index is 0.0812. The molecule has 0 aromatic carbocycles. The standard InChI is InChI=1S/C13H29NO4/c1-3-5-15-7-9-17-11-13(14)12-18-10-8-16-6-4-2/h13H,3-12,14H2,1-2H3. The lowest BCUT2D eigenvalue weighted by molar-refractivity contribution is 0.0138. The molecule has 18 heavy (non-hydrogen) atoms.